The molecule has 5 rings (SSSR count). The molecule has 0 saturated carbocycles. The zero-order valence-corrected chi connectivity index (χ0v) is 19.1. The number of aromatic amines is 1. The van der Waals surface area contributed by atoms with Crippen LogP contribution >= 0.6 is 0 Å². The van der Waals surface area contributed by atoms with Crippen LogP contribution < -0.4 is 10.6 Å². The molecule has 0 spiro atoms. The number of H-pyrrole nitrogens is 1. The van der Waals surface area contributed by atoms with Crippen molar-refractivity contribution in [3.63, 3.8) is 0 Å². The van der Waals surface area contributed by atoms with Crippen LogP contribution in [0.2, 0.25) is 0 Å². The number of carbonyl (C=O) groups excluding carboxylic acids is 1. The molecule has 0 aliphatic carbocycles. The maximum atomic E-state index is 14.0. The Labute approximate surface area is 196 Å². The highest BCUT2D eigenvalue weighted by Crippen LogP contribution is 2.42. The van der Waals surface area contributed by atoms with Gasteiger partial charge in [0.05, 0.1) is 41.5 Å². The van der Waals surface area contributed by atoms with Gasteiger partial charge in [-0.15, -0.1) is 0 Å². The number of nitrogens with one attached hydrogen (secondary N) is 3. The SMILES string of the molecule is Cc1nccc(-c2[nH]c3c(c2Nc2cccc(F)c2O)C(=O)NC[C@@H]3C[C@@H]2COCCN2C)n1. The standard InChI is InChI=1S/C24H27FN6O3/c1-13-26-7-6-17(28-13)21-22(29-18-5-3-4-16(25)23(18)32)19-20(30-21)14(11-27-24(19)33)10-15-12-34-9-8-31(15)2/h3-7,14-15,29-30,32H,8-12H2,1-2H3,(H,27,33)/t14-,15+/m0/s1. The fourth-order valence-corrected chi connectivity index (χ4v) is 4.65. The molecule has 0 bridgehead atoms. The number of amides is 1. The number of carbonyl (C=O) groups is 1. The lowest BCUT2D eigenvalue weighted by molar-refractivity contribution is 0.000176. The number of phenols is 1. The van der Waals surface area contributed by atoms with Crippen LogP contribution in [0.3, 0.4) is 0 Å². The first-order valence-electron chi connectivity index (χ1n) is 11.3. The minimum atomic E-state index is -0.753. The van der Waals surface area contributed by atoms with E-state index in [0.717, 1.165) is 18.7 Å². The number of fused-ring (bicyclic) bond motifs is 1. The van der Waals surface area contributed by atoms with Crippen molar-refractivity contribution < 1.29 is 19.0 Å². The molecule has 0 unspecified atom stereocenters. The highest BCUT2D eigenvalue weighted by molar-refractivity contribution is 6.06. The van der Waals surface area contributed by atoms with Gasteiger partial charge in [-0.25, -0.2) is 14.4 Å². The van der Waals surface area contributed by atoms with Crippen molar-refractivity contribution >= 4 is 17.3 Å². The molecule has 4 N–H and O–H groups in total. The van der Waals surface area contributed by atoms with Crippen LogP contribution in [0, 0.1) is 12.7 Å². The van der Waals surface area contributed by atoms with Crippen molar-refractivity contribution in [2.45, 2.75) is 25.3 Å². The van der Waals surface area contributed by atoms with Crippen LogP contribution in [0.5, 0.6) is 5.75 Å². The molecule has 2 aliphatic rings. The Kier molecular flexibility index (Phi) is 5.93. The molecule has 0 radical (unpaired) electrons. The van der Waals surface area contributed by atoms with Gasteiger partial charge in [-0.2, -0.15) is 0 Å². The van der Waals surface area contributed by atoms with Gasteiger partial charge >= 0.3 is 0 Å². The van der Waals surface area contributed by atoms with Gasteiger partial charge in [0.15, 0.2) is 11.6 Å². The van der Waals surface area contributed by atoms with Crippen molar-refractivity contribution in [2.24, 2.45) is 0 Å². The molecule has 2 aromatic heterocycles. The third-order valence-corrected chi connectivity index (χ3v) is 6.53. The lowest BCUT2D eigenvalue weighted by Gasteiger charge is -2.35. The molecule has 1 saturated heterocycles. The predicted molar refractivity (Wildman–Crippen MR) is 125 cm³/mol. The zero-order chi connectivity index (χ0) is 23.8. The Morgan fingerprint density at radius 3 is 3.00 bits per heavy atom. The number of aryl methyl sites for hydroxylation is 1. The number of likely N-dealkylation sites (N-methyl/N-ethyl adjacent to an activating group) is 1. The highest BCUT2D eigenvalue weighted by atomic mass is 19.1. The van der Waals surface area contributed by atoms with E-state index in [0.29, 0.717) is 48.2 Å². The Morgan fingerprint density at radius 1 is 1.35 bits per heavy atom. The van der Waals surface area contributed by atoms with Gasteiger partial charge in [-0.3, -0.25) is 9.69 Å². The van der Waals surface area contributed by atoms with Crippen molar-refractivity contribution in [3.05, 3.63) is 53.4 Å². The molecule has 34 heavy (non-hydrogen) atoms. The van der Waals surface area contributed by atoms with Crippen LogP contribution in [0.1, 0.15) is 34.2 Å². The Hall–Kier alpha value is -3.50. The number of benzene rings is 1. The highest BCUT2D eigenvalue weighted by Gasteiger charge is 2.35. The summed E-state index contributed by atoms with van der Waals surface area (Å²) in [4.78, 5) is 27.5. The van der Waals surface area contributed by atoms with Gasteiger partial charge < -0.3 is 25.5 Å². The summed E-state index contributed by atoms with van der Waals surface area (Å²) in [6.45, 7) is 4.48. The molecule has 178 valence electrons. The lowest BCUT2D eigenvalue weighted by atomic mass is 9.90. The molecule has 1 aromatic carbocycles. The Balaban J connectivity index is 1.61. The van der Waals surface area contributed by atoms with Gasteiger partial charge in [0.25, 0.3) is 5.91 Å². The van der Waals surface area contributed by atoms with Crippen molar-refractivity contribution in [2.75, 3.05) is 38.7 Å². The number of para-hydroxylation sites is 1. The Morgan fingerprint density at radius 2 is 2.21 bits per heavy atom. The number of rotatable bonds is 5. The van der Waals surface area contributed by atoms with Crippen LogP contribution in [0.15, 0.2) is 30.5 Å². The minimum absolute atomic E-state index is 0.0141. The van der Waals surface area contributed by atoms with Crippen LogP contribution in [-0.4, -0.2) is 70.3 Å². The molecular formula is C24H27FN6O3. The lowest BCUT2D eigenvalue weighted by Crippen LogP contribution is -2.45. The number of phenolic OH excluding ortho intramolecular Hbond substituents is 1. The van der Waals surface area contributed by atoms with E-state index in [-0.39, 0.29) is 23.6 Å². The number of morpholine rings is 1. The maximum Gasteiger partial charge on any atom is 0.255 e. The third kappa shape index (κ3) is 4.10. The van der Waals surface area contributed by atoms with E-state index in [2.05, 4.69) is 37.5 Å². The second kappa shape index (κ2) is 9.03. The van der Waals surface area contributed by atoms with Gasteiger partial charge in [0, 0.05) is 36.9 Å². The second-order valence-corrected chi connectivity index (χ2v) is 8.77. The van der Waals surface area contributed by atoms with Gasteiger partial charge in [-0.1, -0.05) is 6.07 Å². The number of anilines is 2. The predicted octanol–water partition coefficient (Wildman–Crippen LogP) is 2.92. The number of halogens is 1. The van der Waals surface area contributed by atoms with Gasteiger partial charge in [0.2, 0.25) is 0 Å². The van der Waals surface area contributed by atoms with Crippen LogP contribution in [0.25, 0.3) is 11.4 Å². The summed E-state index contributed by atoms with van der Waals surface area (Å²) >= 11 is 0. The molecule has 3 aromatic rings. The summed E-state index contributed by atoms with van der Waals surface area (Å²) in [5.41, 5.74) is 2.98. The topological polar surface area (TPSA) is 115 Å². The molecule has 2 aliphatic heterocycles. The van der Waals surface area contributed by atoms with E-state index in [1.165, 1.54) is 12.1 Å². The van der Waals surface area contributed by atoms with E-state index in [9.17, 15) is 14.3 Å². The summed E-state index contributed by atoms with van der Waals surface area (Å²) in [5, 5.41) is 16.4. The molecule has 1 fully saturated rings. The van der Waals surface area contributed by atoms with Crippen molar-refractivity contribution in [1.82, 2.24) is 25.2 Å². The molecule has 10 heteroatoms. The largest absolute Gasteiger partial charge is 0.503 e. The molecule has 4 heterocycles. The number of ether oxygens (including phenoxy) is 1. The number of hydrogen-bond acceptors (Lipinski definition) is 7. The number of aromatic hydroxyl groups is 1. The van der Waals surface area contributed by atoms with E-state index in [1.807, 2.05) is 0 Å². The van der Waals surface area contributed by atoms with Crippen molar-refractivity contribution in [1.29, 1.82) is 0 Å². The van der Waals surface area contributed by atoms with E-state index < -0.39 is 11.6 Å². The number of nitrogens with zero attached hydrogens (tertiary/aromatic N) is 3. The third-order valence-electron chi connectivity index (χ3n) is 6.53. The normalized spacial score (nSPS) is 20.6. The van der Waals surface area contributed by atoms with Gasteiger partial charge in [0.1, 0.15) is 5.82 Å². The van der Waals surface area contributed by atoms with Crippen molar-refractivity contribution in [3.8, 4) is 17.1 Å². The first-order chi connectivity index (χ1) is 16.4. The molecular weight excluding hydrogens is 439 g/mol. The van der Waals surface area contributed by atoms with E-state index in [4.69, 9.17) is 4.74 Å². The average molecular weight is 467 g/mol. The molecule has 2 atom stereocenters. The molecule has 9 nitrogen and oxygen atoms in total. The summed E-state index contributed by atoms with van der Waals surface area (Å²) < 4.78 is 19.7. The summed E-state index contributed by atoms with van der Waals surface area (Å²) in [5.74, 6) is -0.925. The molecule has 1 amide bonds. The summed E-state index contributed by atoms with van der Waals surface area (Å²) in [6, 6.07) is 6.19. The summed E-state index contributed by atoms with van der Waals surface area (Å²) in [6.07, 6.45) is 2.43. The second-order valence-electron chi connectivity index (χ2n) is 8.77. The minimum Gasteiger partial charge on any atom is -0.503 e. The van der Waals surface area contributed by atoms with Gasteiger partial charge in [-0.05, 0) is 38.6 Å². The smallest absolute Gasteiger partial charge is 0.255 e. The average Bonchev–Trinajstić information content (AvgIpc) is 3.20. The van der Waals surface area contributed by atoms with Crippen LogP contribution in [-0.2, 0) is 4.74 Å². The Bertz CT molecular complexity index is 1230. The first kappa shape index (κ1) is 22.3. The van der Waals surface area contributed by atoms with E-state index in [1.54, 1.807) is 25.3 Å². The fourth-order valence-electron chi connectivity index (χ4n) is 4.65. The van der Waals surface area contributed by atoms with E-state index >= 15 is 0 Å². The quantitative estimate of drug-likeness (QED) is 0.428. The summed E-state index contributed by atoms with van der Waals surface area (Å²) in [7, 11) is 2.08. The van der Waals surface area contributed by atoms with Crippen LogP contribution in [0.4, 0.5) is 15.8 Å². The zero-order valence-electron chi connectivity index (χ0n) is 19.1. The maximum absolute atomic E-state index is 14.0. The fraction of sp³-hybridized carbons (Fsp3) is 0.375. The first-order valence-corrected chi connectivity index (χ1v) is 11.3. The monoisotopic (exact) mass is 466 g/mol. The number of hydrogen-bond donors (Lipinski definition) is 4. The number of aromatic nitrogens is 3.